The maximum absolute atomic E-state index is 7.30. The third-order valence-electron chi connectivity index (χ3n) is 1.72. The van der Waals surface area contributed by atoms with Gasteiger partial charge in [-0.1, -0.05) is 0 Å². The standard InChI is InChI=1S/C11H9N2O/c12-9-3-5-10(6-4-9)14-11-2-1-7-13-8-11/h1-8,12H. The number of benzene rings is 1. The number of ether oxygens (including phenoxy) is 1. The van der Waals surface area contributed by atoms with Gasteiger partial charge in [-0.05, 0) is 36.4 Å². The zero-order valence-corrected chi connectivity index (χ0v) is 7.47. The Morgan fingerprint density at radius 1 is 1.00 bits per heavy atom. The molecule has 0 aliphatic rings. The molecule has 0 saturated heterocycles. The molecule has 0 saturated carbocycles. The van der Waals surface area contributed by atoms with Gasteiger partial charge in [-0.15, -0.1) is 0 Å². The van der Waals surface area contributed by atoms with Gasteiger partial charge in [0.25, 0.3) is 0 Å². The lowest BCUT2D eigenvalue weighted by molar-refractivity contribution is 0.480. The van der Waals surface area contributed by atoms with Crippen molar-refractivity contribution in [3.05, 3.63) is 48.8 Å². The molecule has 0 fully saturated rings. The molecule has 14 heavy (non-hydrogen) atoms. The quantitative estimate of drug-likeness (QED) is 0.722. The van der Waals surface area contributed by atoms with Crippen molar-refractivity contribution in [3.8, 4) is 11.5 Å². The van der Waals surface area contributed by atoms with E-state index < -0.39 is 0 Å². The van der Waals surface area contributed by atoms with Gasteiger partial charge < -0.3 is 10.5 Å². The van der Waals surface area contributed by atoms with Crippen LogP contribution in [-0.2, 0) is 0 Å². The molecule has 1 radical (unpaired) electrons. The highest BCUT2D eigenvalue weighted by Gasteiger charge is 1.95. The lowest BCUT2D eigenvalue weighted by atomic mass is 10.3. The van der Waals surface area contributed by atoms with Gasteiger partial charge in [0.05, 0.1) is 11.9 Å². The average Bonchev–Trinajstić information content (AvgIpc) is 2.23. The number of nitrogens with one attached hydrogen (secondary N) is 1. The summed E-state index contributed by atoms with van der Waals surface area (Å²) in [5, 5.41) is 0. The zero-order valence-electron chi connectivity index (χ0n) is 7.47. The van der Waals surface area contributed by atoms with Crippen molar-refractivity contribution in [2.75, 3.05) is 0 Å². The molecule has 3 heteroatoms. The molecule has 0 spiro atoms. The van der Waals surface area contributed by atoms with Gasteiger partial charge in [0.1, 0.15) is 11.5 Å². The molecule has 2 rings (SSSR count). The first-order valence-electron chi connectivity index (χ1n) is 4.24. The Kier molecular flexibility index (Phi) is 2.32. The van der Waals surface area contributed by atoms with Crippen molar-refractivity contribution >= 4 is 5.69 Å². The molecule has 0 aliphatic heterocycles. The van der Waals surface area contributed by atoms with E-state index in [0.29, 0.717) is 17.2 Å². The minimum absolute atomic E-state index is 0.475. The number of hydrogen-bond donors (Lipinski definition) is 0. The van der Waals surface area contributed by atoms with Gasteiger partial charge in [0.15, 0.2) is 0 Å². The molecule has 1 N–H and O–H groups in total. The third kappa shape index (κ3) is 2.01. The number of pyridine rings is 1. The molecule has 0 atom stereocenters. The molecule has 0 unspecified atom stereocenters. The van der Waals surface area contributed by atoms with Crippen LogP contribution in [0.4, 0.5) is 5.69 Å². The second kappa shape index (κ2) is 3.79. The summed E-state index contributed by atoms with van der Waals surface area (Å²) >= 11 is 0. The third-order valence-corrected chi connectivity index (χ3v) is 1.72. The van der Waals surface area contributed by atoms with Crippen LogP contribution in [-0.4, -0.2) is 4.98 Å². The minimum Gasteiger partial charge on any atom is -0.456 e. The molecular formula is C11H9N2O. The summed E-state index contributed by atoms with van der Waals surface area (Å²) in [6.45, 7) is 0. The zero-order chi connectivity index (χ0) is 9.80. The Labute approximate surface area is 82.2 Å². The summed E-state index contributed by atoms with van der Waals surface area (Å²) in [7, 11) is 0. The van der Waals surface area contributed by atoms with E-state index in [1.165, 1.54) is 0 Å². The summed E-state index contributed by atoms with van der Waals surface area (Å²) in [5.41, 5.74) is 7.78. The van der Waals surface area contributed by atoms with E-state index in [-0.39, 0.29) is 0 Å². The summed E-state index contributed by atoms with van der Waals surface area (Å²) < 4.78 is 5.49. The molecule has 69 valence electrons. The SMILES string of the molecule is [NH]c1ccc(Oc2cccnc2)cc1. The predicted octanol–water partition coefficient (Wildman–Crippen LogP) is 2.79. The highest BCUT2D eigenvalue weighted by Crippen LogP contribution is 2.21. The fourth-order valence-electron chi connectivity index (χ4n) is 1.07. The van der Waals surface area contributed by atoms with Gasteiger partial charge in [0.2, 0.25) is 0 Å². The van der Waals surface area contributed by atoms with Gasteiger partial charge in [-0.2, -0.15) is 0 Å². The maximum Gasteiger partial charge on any atom is 0.145 e. The van der Waals surface area contributed by atoms with Crippen molar-refractivity contribution < 1.29 is 4.74 Å². The van der Waals surface area contributed by atoms with Gasteiger partial charge in [0, 0.05) is 6.20 Å². The number of aromatic nitrogens is 1. The smallest absolute Gasteiger partial charge is 0.145 e. The summed E-state index contributed by atoms with van der Waals surface area (Å²) in [5.74, 6) is 1.42. The maximum atomic E-state index is 7.30. The minimum atomic E-state index is 0.475. The highest BCUT2D eigenvalue weighted by atomic mass is 16.5. The van der Waals surface area contributed by atoms with Gasteiger partial charge >= 0.3 is 0 Å². The van der Waals surface area contributed by atoms with E-state index in [2.05, 4.69) is 4.98 Å². The van der Waals surface area contributed by atoms with Gasteiger partial charge in [-0.25, -0.2) is 0 Å². The van der Waals surface area contributed by atoms with Crippen LogP contribution in [0.2, 0.25) is 0 Å². The Balaban J connectivity index is 2.16. The van der Waals surface area contributed by atoms with Crippen molar-refractivity contribution in [2.45, 2.75) is 0 Å². The molecule has 0 bridgehead atoms. The second-order valence-electron chi connectivity index (χ2n) is 2.82. The first-order valence-corrected chi connectivity index (χ1v) is 4.24. The van der Waals surface area contributed by atoms with Crippen molar-refractivity contribution in [1.29, 1.82) is 0 Å². The van der Waals surface area contributed by atoms with E-state index in [9.17, 15) is 0 Å². The van der Waals surface area contributed by atoms with Gasteiger partial charge in [-0.3, -0.25) is 4.98 Å². The largest absolute Gasteiger partial charge is 0.456 e. The Morgan fingerprint density at radius 2 is 1.79 bits per heavy atom. The van der Waals surface area contributed by atoms with E-state index in [1.54, 1.807) is 36.7 Å². The molecule has 3 nitrogen and oxygen atoms in total. The highest BCUT2D eigenvalue weighted by molar-refractivity contribution is 5.40. The molecule has 0 aliphatic carbocycles. The Hall–Kier alpha value is -2.03. The fraction of sp³-hybridized carbons (Fsp3) is 0. The van der Waals surface area contributed by atoms with Crippen LogP contribution >= 0.6 is 0 Å². The van der Waals surface area contributed by atoms with Crippen molar-refractivity contribution in [2.24, 2.45) is 0 Å². The van der Waals surface area contributed by atoms with Crippen LogP contribution < -0.4 is 10.5 Å². The topological polar surface area (TPSA) is 45.9 Å². The summed E-state index contributed by atoms with van der Waals surface area (Å²) in [6, 6.07) is 10.5. The van der Waals surface area contributed by atoms with E-state index >= 15 is 0 Å². The van der Waals surface area contributed by atoms with Crippen LogP contribution in [0.15, 0.2) is 48.8 Å². The predicted molar refractivity (Wildman–Crippen MR) is 53.5 cm³/mol. The first-order chi connectivity index (χ1) is 6.84. The summed E-state index contributed by atoms with van der Waals surface area (Å²) in [6.07, 6.45) is 3.34. The van der Waals surface area contributed by atoms with Crippen LogP contribution in [0.3, 0.4) is 0 Å². The first kappa shape index (κ1) is 8.56. The Morgan fingerprint density at radius 3 is 2.43 bits per heavy atom. The van der Waals surface area contributed by atoms with E-state index in [4.69, 9.17) is 10.5 Å². The van der Waals surface area contributed by atoms with Crippen LogP contribution in [0, 0.1) is 0 Å². The van der Waals surface area contributed by atoms with Crippen LogP contribution in [0.5, 0.6) is 11.5 Å². The molecule has 1 aromatic carbocycles. The normalized spacial score (nSPS) is 9.71. The summed E-state index contributed by atoms with van der Waals surface area (Å²) in [4.78, 5) is 3.94. The van der Waals surface area contributed by atoms with Crippen LogP contribution in [0.1, 0.15) is 0 Å². The van der Waals surface area contributed by atoms with Crippen molar-refractivity contribution in [3.63, 3.8) is 0 Å². The van der Waals surface area contributed by atoms with Crippen molar-refractivity contribution in [1.82, 2.24) is 10.7 Å². The number of nitrogens with zero attached hydrogens (tertiary/aromatic N) is 1. The van der Waals surface area contributed by atoms with Crippen LogP contribution in [0.25, 0.3) is 0 Å². The molecule has 0 amide bonds. The number of rotatable bonds is 2. The lowest BCUT2D eigenvalue weighted by Gasteiger charge is -2.04. The average molecular weight is 185 g/mol. The van der Waals surface area contributed by atoms with E-state index in [0.717, 1.165) is 0 Å². The lowest BCUT2D eigenvalue weighted by Crippen LogP contribution is -1.83. The molecule has 1 heterocycles. The second-order valence-corrected chi connectivity index (χ2v) is 2.82. The fourth-order valence-corrected chi connectivity index (χ4v) is 1.07. The Bertz CT molecular complexity index is 397. The monoisotopic (exact) mass is 185 g/mol. The molecule has 2 aromatic rings. The molecular weight excluding hydrogens is 176 g/mol. The number of hydrogen-bond acceptors (Lipinski definition) is 2. The molecule has 1 aromatic heterocycles. The van der Waals surface area contributed by atoms with E-state index in [1.807, 2.05) is 12.1 Å².